The van der Waals surface area contributed by atoms with Crippen molar-refractivity contribution in [3.05, 3.63) is 30.1 Å². The Morgan fingerprint density at radius 1 is 1.29 bits per heavy atom. The molecule has 1 amide bonds. The number of amides is 1. The molecule has 6 nitrogen and oxygen atoms in total. The number of hydrogen-bond acceptors (Lipinski definition) is 5. The van der Waals surface area contributed by atoms with Gasteiger partial charge in [0.25, 0.3) is 0 Å². The van der Waals surface area contributed by atoms with Crippen LogP contribution in [0.15, 0.2) is 24.5 Å². The summed E-state index contributed by atoms with van der Waals surface area (Å²) in [6, 6.07) is 3.98. The van der Waals surface area contributed by atoms with Crippen LogP contribution in [0.5, 0.6) is 0 Å². The lowest BCUT2D eigenvalue weighted by molar-refractivity contribution is -0.146. The van der Waals surface area contributed by atoms with E-state index in [-0.39, 0.29) is 18.6 Å². The van der Waals surface area contributed by atoms with Gasteiger partial charge in [-0.15, -0.1) is 0 Å². The number of carbonyl (C=O) groups is 1. The molecule has 132 valence electrons. The van der Waals surface area contributed by atoms with Gasteiger partial charge in [-0.3, -0.25) is 9.78 Å². The van der Waals surface area contributed by atoms with E-state index in [2.05, 4.69) is 4.98 Å². The molecule has 2 aliphatic rings. The molecule has 1 unspecified atom stereocenters. The third-order valence-electron chi connectivity index (χ3n) is 4.71. The molecule has 0 aliphatic carbocycles. The van der Waals surface area contributed by atoms with E-state index < -0.39 is 0 Å². The Kier molecular flexibility index (Phi) is 6.57. The summed E-state index contributed by atoms with van der Waals surface area (Å²) in [5, 5.41) is 0. The highest BCUT2D eigenvalue weighted by atomic mass is 16.5. The highest BCUT2D eigenvalue weighted by Gasteiger charge is 2.30. The Morgan fingerprint density at radius 2 is 2.17 bits per heavy atom. The number of ether oxygens (including phenoxy) is 3. The van der Waals surface area contributed by atoms with Gasteiger partial charge in [0.2, 0.25) is 5.91 Å². The van der Waals surface area contributed by atoms with Gasteiger partial charge in [0.15, 0.2) is 0 Å². The Balaban J connectivity index is 1.47. The van der Waals surface area contributed by atoms with Crippen molar-refractivity contribution in [2.45, 2.75) is 31.9 Å². The second-order valence-corrected chi connectivity index (χ2v) is 6.46. The van der Waals surface area contributed by atoms with Crippen molar-refractivity contribution >= 4 is 5.91 Å². The molecule has 0 radical (unpaired) electrons. The van der Waals surface area contributed by atoms with Crippen LogP contribution in [0.4, 0.5) is 0 Å². The minimum atomic E-state index is 0.0549. The predicted molar refractivity (Wildman–Crippen MR) is 88.4 cm³/mol. The number of hydrogen-bond donors (Lipinski definition) is 0. The van der Waals surface area contributed by atoms with Gasteiger partial charge < -0.3 is 19.1 Å². The van der Waals surface area contributed by atoms with Crippen LogP contribution in [0.2, 0.25) is 0 Å². The van der Waals surface area contributed by atoms with Crippen LogP contribution in [0, 0.1) is 5.92 Å². The summed E-state index contributed by atoms with van der Waals surface area (Å²) < 4.78 is 16.6. The third-order valence-corrected chi connectivity index (χ3v) is 4.71. The normalized spacial score (nSPS) is 22.5. The SMILES string of the molecule is O=C(COCc1cccnc1)N1CCOCC1CC1CCOCC1. The first-order valence-electron chi connectivity index (χ1n) is 8.74. The van der Waals surface area contributed by atoms with E-state index in [1.54, 1.807) is 12.4 Å². The van der Waals surface area contributed by atoms with E-state index in [0.29, 0.717) is 32.3 Å². The van der Waals surface area contributed by atoms with Crippen molar-refractivity contribution in [1.82, 2.24) is 9.88 Å². The monoisotopic (exact) mass is 334 g/mol. The number of aromatic nitrogens is 1. The molecule has 24 heavy (non-hydrogen) atoms. The molecule has 0 saturated carbocycles. The van der Waals surface area contributed by atoms with Gasteiger partial charge >= 0.3 is 0 Å². The molecule has 3 heterocycles. The second kappa shape index (κ2) is 9.11. The van der Waals surface area contributed by atoms with Gasteiger partial charge in [-0.1, -0.05) is 6.07 Å². The van der Waals surface area contributed by atoms with Crippen LogP contribution in [-0.2, 0) is 25.6 Å². The van der Waals surface area contributed by atoms with Crippen LogP contribution in [0.1, 0.15) is 24.8 Å². The van der Waals surface area contributed by atoms with Gasteiger partial charge in [-0.25, -0.2) is 0 Å². The predicted octanol–water partition coefficient (Wildman–Crippen LogP) is 1.64. The quantitative estimate of drug-likeness (QED) is 0.791. The first-order chi connectivity index (χ1) is 11.8. The summed E-state index contributed by atoms with van der Waals surface area (Å²) in [5.41, 5.74) is 0.978. The second-order valence-electron chi connectivity index (χ2n) is 6.46. The molecule has 1 aromatic rings. The molecular formula is C18H26N2O4. The zero-order chi connectivity index (χ0) is 16.6. The van der Waals surface area contributed by atoms with Gasteiger partial charge in [-0.05, 0) is 36.8 Å². The van der Waals surface area contributed by atoms with Crippen molar-refractivity contribution < 1.29 is 19.0 Å². The number of nitrogens with zero attached hydrogens (tertiary/aromatic N) is 2. The Labute approximate surface area is 143 Å². The Hall–Kier alpha value is -1.50. The van der Waals surface area contributed by atoms with E-state index in [0.717, 1.165) is 38.0 Å². The van der Waals surface area contributed by atoms with Crippen molar-refractivity contribution in [2.75, 3.05) is 39.6 Å². The van der Waals surface area contributed by atoms with Crippen molar-refractivity contribution in [2.24, 2.45) is 5.92 Å². The van der Waals surface area contributed by atoms with Crippen LogP contribution in [-0.4, -0.2) is 61.4 Å². The molecule has 0 aromatic carbocycles. The van der Waals surface area contributed by atoms with E-state index in [9.17, 15) is 4.79 Å². The summed E-state index contributed by atoms with van der Waals surface area (Å²) in [4.78, 5) is 18.5. The van der Waals surface area contributed by atoms with Crippen LogP contribution >= 0.6 is 0 Å². The first kappa shape index (κ1) is 17.3. The van der Waals surface area contributed by atoms with Crippen molar-refractivity contribution in [3.8, 4) is 0 Å². The Bertz CT molecular complexity index is 505. The lowest BCUT2D eigenvalue weighted by Crippen LogP contribution is -2.50. The number of morpholine rings is 1. The lowest BCUT2D eigenvalue weighted by Gasteiger charge is -2.38. The molecule has 2 aliphatic heterocycles. The van der Waals surface area contributed by atoms with Crippen molar-refractivity contribution in [1.29, 1.82) is 0 Å². The fourth-order valence-electron chi connectivity index (χ4n) is 3.37. The maximum Gasteiger partial charge on any atom is 0.248 e. The molecule has 3 rings (SSSR count). The molecule has 2 saturated heterocycles. The van der Waals surface area contributed by atoms with Gasteiger partial charge in [0.1, 0.15) is 6.61 Å². The molecule has 0 N–H and O–H groups in total. The van der Waals surface area contributed by atoms with Crippen LogP contribution < -0.4 is 0 Å². The molecule has 1 atom stereocenters. The summed E-state index contributed by atoms with van der Waals surface area (Å²) >= 11 is 0. The summed E-state index contributed by atoms with van der Waals surface area (Å²) in [6.45, 7) is 4.09. The minimum Gasteiger partial charge on any atom is -0.381 e. The minimum absolute atomic E-state index is 0.0549. The zero-order valence-electron chi connectivity index (χ0n) is 14.1. The molecule has 0 bridgehead atoms. The summed E-state index contributed by atoms with van der Waals surface area (Å²) in [5.74, 6) is 0.677. The standard InChI is InChI=1S/C18H26N2O4/c21-18(14-24-12-16-2-1-5-19-11-16)20-6-9-23-13-17(20)10-15-3-7-22-8-4-15/h1-2,5,11,15,17H,3-4,6-10,12-14H2. The fraction of sp³-hybridized carbons (Fsp3) is 0.667. The topological polar surface area (TPSA) is 60.9 Å². The van der Waals surface area contributed by atoms with E-state index in [1.807, 2.05) is 17.0 Å². The highest BCUT2D eigenvalue weighted by molar-refractivity contribution is 5.77. The highest BCUT2D eigenvalue weighted by Crippen LogP contribution is 2.24. The molecule has 1 aromatic heterocycles. The third kappa shape index (κ3) is 5.00. The largest absolute Gasteiger partial charge is 0.381 e. The molecule has 0 spiro atoms. The number of pyridine rings is 1. The average molecular weight is 334 g/mol. The van der Waals surface area contributed by atoms with E-state index >= 15 is 0 Å². The smallest absolute Gasteiger partial charge is 0.248 e. The maximum atomic E-state index is 12.5. The van der Waals surface area contributed by atoms with Crippen LogP contribution in [0.25, 0.3) is 0 Å². The van der Waals surface area contributed by atoms with E-state index in [1.165, 1.54) is 0 Å². The number of carbonyl (C=O) groups excluding carboxylic acids is 1. The Morgan fingerprint density at radius 3 is 2.96 bits per heavy atom. The van der Waals surface area contributed by atoms with Crippen LogP contribution in [0.3, 0.4) is 0 Å². The van der Waals surface area contributed by atoms with Gasteiger partial charge in [-0.2, -0.15) is 0 Å². The van der Waals surface area contributed by atoms with Gasteiger partial charge in [0.05, 0.1) is 25.9 Å². The van der Waals surface area contributed by atoms with Crippen molar-refractivity contribution in [3.63, 3.8) is 0 Å². The first-order valence-corrected chi connectivity index (χ1v) is 8.74. The van der Waals surface area contributed by atoms with Gasteiger partial charge in [0, 0.05) is 32.2 Å². The summed E-state index contributed by atoms with van der Waals surface area (Å²) in [6.07, 6.45) is 6.64. The fourth-order valence-corrected chi connectivity index (χ4v) is 3.37. The number of rotatable bonds is 6. The lowest BCUT2D eigenvalue weighted by atomic mass is 9.91. The summed E-state index contributed by atoms with van der Waals surface area (Å²) in [7, 11) is 0. The maximum absolute atomic E-state index is 12.5. The zero-order valence-corrected chi connectivity index (χ0v) is 14.1. The van der Waals surface area contributed by atoms with E-state index in [4.69, 9.17) is 14.2 Å². The average Bonchev–Trinajstić information content (AvgIpc) is 2.64. The molecule has 6 heteroatoms. The molecular weight excluding hydrogens is 308 g/mol. The molecule has 2 fully saturated rings.